The molecule has 2 aromatic carbocycles. The second-order valence-corrected chi connectivity index (χ2v) is 5.30. The van der Waals surface area contributed by atoms with Gasteiger partial charge in [0.15, 0.2) is 0 Å². The summed E-state index contributed by atoms with van der Waals surface area (Å²) in [6.07, 6.45) is 2.46. The summed E-state index contributed by atoms with van der Waals surface area (Å²) in [5.74, 6) is -0.00673. The number of benzene rings is 2. The standard InChI is InChI=1S/C16H18N2O.ClH/c17-16(9-10-16)15(19)18-11-8-13-6-3-5-12-4-1-2-7-14(12)13;/h1-7H,8-11,17H2,(H,18,19);1H. The van der Waals surface area contributed by atoms with Gasteiger partial charge in [-0.05, 0) is 35.6 Å². The molecule has 1 fully saturated rings. The second kappa shape index (κ2) is 5.81. The first-order chi connectivity index (χ1) is 9.19. The van der Waals surface area contributed by atoms with Crippen molar-refractivity contribution in [2.75, 3.05) is 6.54 Å². The third-order valence-electron chi connectivity index (χ3n) is 3.80. The molecule has 2 aromatic rings. The van der Waals surface area contributed by atoms with Crippen LogP contribution in [0.3, 0.4) is 0 Å². The molecule has 0 aromatic heterocycles. The van der Waals surface area contributed by atoms with E-state index in [1.54, 1.807) is 0 Å². The van der Waals surface area contributed by atoms with E-state index in [1.807, 2.05) is 12.1 Å². The first-order valence-corrected chi connectivity index (χ1v) is 6.73. The van der Waals surface area contributed by atoms with Gasteiger partial charge in [0.2, 0.25) is 5.91 Å². The highest BCUT2D eigenvalue weighted by molar-refractivity contribution is 5.89. The molecule has 0 aliphatic heterocycles. The van der Waals surface area contributed by atoms with E-state index in [-0.39, 0.29) is 18.3 Å². The van der Waals surface area contributed by atoms with E-state index < -0.39 is 5.54 Å². The van der Waals surface area contributed by atoms with Gasteiger partial charge in [-0.15, -0.1) is 12.4 Å². The minimum atomic E-state index is -0.571. The highest BCUT2D eigenvalue weighted by atomic mass is 35.5. The van der Waals surface area contributed by atoms with Crippen LogP contribution in [0.25, 0.3) is 10.8 Å². The normalized spacial score (nSPS) is 15.4. The predicted molar refractivity (Wildman–Crippen MR) is 84.1 cm³/mol. The molecule has 1 aliphatic carbocycles. The number of hydrogen-bond donors (Lipinski definition) is 2. The van der Waals surface area contributed by atoms with Crippen molar-refractivity contribution in [3.8, 4) is 0 Å². The average Bonchev–Trinajstić information content (AvgIpc) is 3.18. The maximum absolute atomic E-state index is 11.7. The third-order valence-corrected chi connectivity index (χ3v) is 3.80. The van der Waals surface area contributed by atoms with E-state index in [1.165, 1.54) is 16.3 Å². The molecule has 3 nitrogen and oxygen atoms in total. The maximum Gasteiger partial charge on any atom is 0.240 e. The lowest BCUT2D eigenvalue weighted by molar-refractivity contribution is -0.123. The predicted octanol–water partition coefficient (Wildman–Crippen LogP) is 2.41. The Morgan fingerprint density at radius 1 is 1.15 bits per heavy atom. The second-order valence-electron chi connectivity index (χ2n) is 5.30. The molecule has 0 spiro atoms. The lowest BCUT2D eigenvalue weighted by atomic mass is 10.0. The minimum Gasteiger partial charge on any atom is -0.354 e. The van der Waals surface area contributed by atoms with Crippen molar-refractivity contribution >= 4 is 29.1 Å². The lowest BCUT2D eigenvalue weighted by Gasteiger charge is -2.11. The SMILES string of the molecule is Cl.NC1(C(=O)NCCc2cccc3ccccc23)CC1. The van der Waals surface area contributed by atoms with E-state index in [4.69, 9.17) is 5.73 Å². The number of halogens is 1. The summed E-state index contributed by atoms with van der Waals surface area (Å²) in [6.45, 7) is 0.645. The number of carbonyl (C=O) groups excluding carboxylic acids is 1. The molecule has 4 heteroatoms. The molecule has 3 rings (SSSR count). The molecule has 20 heavy (non-hydrogen) atoms. The van der Waals surface area contributed by atoms with Crippen LogP contribution in [0.4, 0.5) is 0 Å². The zero-order valence-corrected chi connectivity index (χ0v) is 12.1. The van der Waals surface area contributed by atoms with Crippen LogP contribution in [0, 0.1) is 0 Å². The summed E-state index contributed by atoms with van der Waals surface area (Å²) >= 11 is 0. The molecule has 1 aliphatic rings. The summed E-state index contributed by atoms with van der Waals surface area (Å²) in [5, 5.41) is 5.43. The van der Waals surface area contributed by atoms with Crippen molar-refractivity contribution < 1.29 is 4.79 Å². The Kier molecular flexibility index (Phi) is 4.31. The average molecular weight is 291 g/mol. The lowest BCUT2D eigenvalue weighted by Crippen LogP contribution is -2.43. The van der Waals surface area contributed by atoms with Crippen molar-refractivity contribution in [1.82, 2.24) is 5.32 Å². The van der Waals surface area contributed by atoms with Crippen molar-refractivity contribution in [1.29, 1.82) is 0 Å². The highest BCUT2D eigenvalue weighted by Crippen LogP contribution is 2.32. The van der Waals surface area contributed by atoms with E-state index >= 15 is 0 Å². The van der Waals surface area contributed by atoms with Gasteiger partial charge in [0.25, 0.3) is 0 Å². The van der Waals surface area contributed by atoms with E-state index in [0.717, 1.165) is 19.3 Å². The van der Waals surface area contributed by atoms with Gasteiger partial charge in [-0.25, -0.2) is 0 Å². The molecule has 0 heterocycles. The maximum atomic E-state index is 11.7. The molecule has 1 saturated carbocycles. The Labute approximate surface area is 125 Å². The van der Waals surface area contributed by atoms with Crippen LogP contribution in [-0.4, -0.2) is 18.0 Å². The molecule has 1 amide bonds. The molecule has 106 valence electrons. The number of nitrogens with two attached hydrogens (primary N) is 1. The Balaban J connectivity index is 0.00000147. The van der Waals surface area contributed by atoms with Crippen LogP contribution in [0.5, 0.6) is 0 Å². The Morgan fingerprint density at radius 3 is 2.60 bits per heavy atom. The molecule has 0 radical (unpaired) electrons. The third kappa shape index (κ3) is 2.94. The van der Waals surface area contributed by atoms with E-state index in [0.29, 0.717) is 6.54 Å². The first-order valence-electron chi connectivity index (χ1n) is 6.73. The first kappa shape index (κ1) is 14.8. The number of carbonyl (C=O) groups is 1. The fourth-order valence-corrected chi connectivity index (χ4v) is 2.36. The number of nitrogens with one attached hydrogen (secondary N) is 1. The topological polar surface area (TPSA) is 55.1 Å². The van der Waals surface area contributed by atoms with Gasteiger partial charge in [-0.2, -0.15) is 0 Å². The van der Waals surface area contributed by atoms with Crippen LogP contribution < -0.4 is 11.1 Å². The smallest absolute Gasteiger partial charge is 0.240 e. The molecular weight excluding hydrogens is 272 g/mol. The van der Waals surface area contributed by atoms with Crippen LogP contribution in [0.15, 0.2) is 42.5 Å². The summed E-state index contributed by atoms with van der Waals surface area (Å²) in [4.78, 5) is 11.7. The van der Waals surface area contributed by atoms with E-state index in [2.05, 4.69) is 35.6 Å². The van der Waals surface area contributed by atoms with Gasteiger partial charge < -0.3 is 11.1 Å². The fraction of sp³-hybridized carbons (Fsp3) is 0.312. The van der Waals surface area contributed by atoms with Gasteiger partial charge >= 0.3 is 0 Å². The summed E-state index contributed by atoms with van der Waals surface area (Å²) < 4.78 is 0. The minimum absolute atomic E-state index is 0. The molecule has 0 bridgehead atoms. The number of rotatable bonds is 4. The Hall–Kier alpha value is -1.58. The molecule has 0 unspecified atom stereocenters. The fourth-order valence-electron chi connectivity index (χ4n) is 2.36. The Morgan fingerprint density at radius 2 is 1.85 bits per heavy atom. The van der Waals surface area contributed by atoms with Gasteiger partial charge in [0, 0.05) is 6.54 Å². The summed E-state index contributed by atoms with van der Waals surface area (Å²) in [6, 6.07) is 14.6. The van der Waals surface area contributed by atoms with Gasteiger partial charge in [0.1, 0.15) is 0 Å². The summed E-state index contributed by atoms with van der Waals surface area (Å²) in [5.41, 5.74) is 6.54. The molecule has 0 saturated heterocycles. The van der Waals surface area contributed by atoms with Crippen LogP contribution >= 0.6 is 12.4 Å². The zero-order chi connectivity index (χ0) is 13.3. The Bertz CT molecular complexity index is 617. The van der Waals surface area contributed by atoms with Gasteiger partial charge in [-0.3, -0.25) is 4.79 Å². The largest absolute Gasteiger partial charge is 0.354 e. The highest BCUT2D eigenvalue weighted by Gasteiger charge is 2.45. The van der Waals surface area contributed by atoms with Gasteiger partial charge in [-0.1, -0.05) is 42.5 Å². The number of fused-ring (bicyclic) bond motifs is 1. The van der Waals surface area contributed by atoms with Crippen LogP contribution in [0.2, 0.25) is 0 Å². The molecule has 3 N–H and O–H groups in total. The monoisotopic (exact) mass is 290 g/mol. The van der Waals surface area contributed by atoms with Crippen LogP contribution in [0.1, 0.15) is 18.4 Å². The van der Waals surface area contributed by atoms with Crippen molar-refractivity contribution in [2.45, 2.75) is 24.8 Å². The zero-order valence-electron chi connectivity index (χ0n) is 11.3. The van der Waals surface area contributed by atoms with Crippen LogP contribution in [-0.2, 0) is 11.2 Å². The van der Waals surface area contributed by atoms with E-state index in [9.17, 15) is 4.79 Å². The van der Waals surface area contributed by atoms with Crippen molar-refractivity contribution in [2.24, 2.45) is 5.73 Å². The number of amides is 1. The number of hydrogen-bond acceptors (Lipinski definition) is 2. The molecule has 0 atom stereocenters. The van der Waals surface area contributed by atoms with Crippen molar-refractivity contribution in [3.63, 3.8) is 0 Å². The van der Waals surface area contributed by atoms with Gasteiger partial charge in [0.05, 0.1) is 5.54 Å². The quantitative estimate of drug-likeness (QED) is 0.908. The van der Waals surface area contributed by atoms with Crippen molar-refractivity contribution in [3.05, 3.63) is 48.0 Å². The summed E-state index contributed by atoms with van der Waals surface area (Å²) in [7, 11) is 0. The molecular formula is C16H19ClN2O.